The standard InChI is InChI=1S/C25H17NS/c1-16-11-14-23-20(15-16)18-12-13-22-24(25(18)27-23)19-9-5-6-10-21(19)26(22)17-7-3-2-4-8-17/h2-15H,1H3. The first-order valence-electron chi connectivity index (χ1n) is 9.22. The van der Waals surface area contributed by atoms with E-state index in [9.17, 15) is 0 Å². The third-order valence-electron chi connectivity index (χ3n) is 5.44. The highest BCUT2D eigenvalue weighted by Gasteiger charge is 2.16. The summed E-state index contributed by atoms with van der Waals surface area (Å²) in [6.45, 7) is 2.17. The van der Waals surface area contributed by atoms with Gasteiger partial charge >= 0.3 is 0 Å². The van der Waals surface area contributed by atoms with Gasteiger partial charge in [0.25, 0.3) is 0 Å². The molecule has 0 bridgehead atoms. The Hall–Kier alpha value is -3.10. The molecule has 0 unspecified atom stereocenters. The minimum Gasteiger partial charge on any atom is -0.309 e. The van der Waals surface area contributed by atoms with Crippen LogP contribution in [0.5, 0.6) is 0 Å². The van der Waals surface area contributed by atoms with E-state index in [1.54, 1.807) is 0 Å². The molecule has 4 aromatic carbocycles. The summed E-state index contributed by atoms with van der Waals surface area (Å²) in [5, 5.41) is 5.42. The summed E-state index contributed by atoms with van der Waals surface area (Å²) in [5.74, 6) is 0. The third kappa shape index (κ3) is 2.05. The molecule has 27 heavy (non-hydrogen) atoms. The van der Waals surface area contributed by atoms with Crippen LogP contribution in [0.1, 0.15) is 5.56 Å². The summed E-state index contributed by atoms with van der Waals surface area (Å²) in [4.78, 5) is 0. The second-order valence-corrected chi connectivity index (χ2v) is 8.18. The summed E-state index contributed by atoms with van der Waals surface area (Å²) in [5.41, 5.74) is 5.06. The lowest BCUT2D eigenvalue weighted by Gasteiger charge is -2.07. The van der Waals surface area contributed by atoms with Gasteiger partial charge in [-0.25, -0.2) is 0 Å². The van der Waals surface area contributed by atoms with Gasteiger partial charge in [0.15, 0.2) is 0 Å². The zero-order valence-electron chi connectivity index (χ0n) is 14.9. The molecular weight excluding hydrogens is 346 g/mol. The Morgan fingerprint density at radius 3 is 2.37 bits per heavy atom. The first-order valence-corrected chi connectivity index (χ1v) is 10.0. The molecule has 0 saturated carbocycles. The average molecular weight is 363 g/mol. The topological polar surface area (TPSA) is 4.93 Å². The van der Waals surface area contributed by atoms with Gasteiger partial charge in [-0.3, -0.25) is 0 Å². The fourth-order valence-electron chi connectivity index (χ4n) is 4.26. The fourth-order valence-corrected chi connectivity index (χ4v) is 5.49. The molecule has 0 fully saturated rings. The predicted octanol–water partition coefficient (Wildman–Crippen LogP) is 7.46. The van der Waals surface area contributed by atoms with Crippen LogP contribution in [0.3, 0.4) is 0 Å². The number of fused-ring (bicyclic) bond motifs is 7. The zero-order chi connectivity index (χ0) is 18.0. The van der Waals surface area contributed by atoms with Crippen LogP contribution in [0.15, 0.2) is 84.9 Å². The van der Waals surface area contributed by atoms with Crippen molar-refractivity contribution >= 4 is 53.3 Å². The molecule has 0 N–H and O–H groups in total. The Balaban J connectivity index is 1.87. The minimum atomic E-state index is 1.21. The number of hydrogen-bond donors (Lipinski definition) is 0. The largest absolute Gasteiger partial charge is 0.309 e. The minimum absolute atomic E-state index is 1.21. The Labute approximate surface area is 161 Å². The molecule has 0 aliphatic rings. The molecule has 0 spiro atoms. The Morgan fingerprint density at radius 2 is 1.48 bits per heavy atom. The van der Waals surface area contributed by atoms with Crippen LogP contribution in [0.25, 0.3) is 47.7 Å². The number of thiophene rings is 1. The van der Waals surface area contributed by atoms with E-state index in [4.69, 9.17) is 0 Å². The molecule has 6 aromatic rings. The first kappa shape index (κ1) is 15.0. The second-order valence-electron chi connectivity index (χ2n) is 7.13. The van der Waals surface area contributed by atoms with Crippen LogP contribution < -0.4 is 0 Å². The SMILES string of the molecule is Cc1ccc2sc3c(ccc4c3c3ccccc3n4-c3ccccc3)c2c1. The lowest BCUT2D eigenvalue weighted by atomic mass is 10.1. The Morgan fingerprint density at radius 1 is 0.667 bits per heavy atom. The lowest BCUT2D eigenvalue weighted by molar-refractivity contribution is 1.18. The molecular formula is C25H17NS. The van der Waals surface area contributed by atoms with Gasteiger partial charge in [-0.15, -0.1) is 11.3 Å². The van der Waals surface area contributed by atoms with Gasteiger partial charge in [0.1, 0.15) is 0 Å². The van der Waals surface area contributed by atoms with E-state index >= 15 is 0 Å². The van der Waals surface area contributed by atoms with Gasteiger partial charge in [0.05, 0.1) is 11.0 Å². The van der Waals surface area contributed by atoms with Crippen molar-refractivity contribution < 1.29 is 0 Å². The highest BCUT2D eigenvalue weighted by Crippen LogP contribution is 2.43. The summed E-state index contributed by atoms with van der Waals surface area (Å²) in [7, 11) is 0. The molecule has 1 nitrogen and oxygen atoms in total. The fraction of sp³-hybridized carbons (Fsp3) is 0.0400. The molecule has 0 aliphatic carbocycles. The van der Waals surface area contributed by atoms with Crippen molar-refractivity contribution in [1.29, 1.82) is 0 Å². The van der Waals surface area contributed by atoms with Crippen molar-refractivity contribution in [3.8, 4) is 5.69 Å². The molecule has 128 valence electrons. The van der Waals surface area contributed by atoms with Crippen LogP contribution in [0.4, 0.5) is 0 Å². The smallest absolute Gasteiger partial charge is 0.0555 e. The van der Waals surface area contributed by atoms with Crippen LogP contribution >= 0.6 is 11.3 Å². The van der Waals surface area contributed by atoms with E-state index in [0.29, 0.717) is 0 Å². The maximum absolute atomic E-state index is 2.39. The van der Waals surface area contributed by atoms with Crippen molar-refractivity contribution in [1.82, 2.24) is 4.57 Å². The van der Waals surface area contributed by atoms with Crippen LogP contribution in [0.2, 0.25) is 0 Å². The van der Waals surface area contributed by atoms with Gasteiger partial charge in [-0.1, -0.05) is 54.1 Å². The summed E-state index contributed by atoms with van der Waals surface area (Å²) < 4.78 is 5.14. The van der Waals surface area contributed by atoms with Gasteiger partial charge < -0.3 is 4.57 Å². The number of para-hydroxylation sites is 2. The van der Waals surface area contributed by atoms with E-state index in [2.05, 4.69) is 96.4 Å². The van der Waals surface area contributed by atoms with Crippen molar-refractivity contribution in [3.63, 3.8) is 0 Å². The molecule has 2 heterocycles. The average Bonchev–Trinajstić information content (AvgIpc) is 3.23. The van der Waals surface area contributed by atoms with Crippen molar-refractivity contribution in [2.24, 2.45) is 0 Å². The maximum Gasteiger partial charge on any atom is 0.0555 e. The molecule has 0 amide bonds. The second kappa shape index (κ2) is 5.45. The van der Waals surface area contributed by atoms with Gasteiger partial charge in [0, 0.05) is 36.6 Å². The number of aromatic nitrogens is 1. The van der Waals surface area contributed by atoms with Gasteiger partial charge in [-0.05, 0) is 43.3 Å². The van der Waals surface area contributed by atoms with E-state index < -0.39 is 0 Å². The number of aryl methyl sites for hydroxylation is 1. The van der Waals surface area contributed by atoms with Crippen molar-refractivity contribution in [2.75, 3.05) is 0 Å². The molecule has 0 aliphatic heterocycles. The quantitative estimate of drug-likeness (QED) is 0.286. The number of hydrogen-bond acceptors (Lipinski definition) is 1. The summed E-state index contributed by atoms with van der Waals surface area (Å²) in [6.07, 6.45) is 0. The Bertz CT molecular complexity index is 1470. The van der Waals surface area contributed by atoms with Crippen LogP contribution in [0, 0.1) is 6.92 Å². The molecule has 2 aromatic heterocycles. The van der Waals surface area contributed by atoms with E-state index in [-0.39, 0.29) is 0 Å². The highest BCUT2D eigenvalue weighted by molar-refractivity contribution is 7.26. The molecule has 6 rings (SSSR count). The highest BCUT2D eigenvalue weighted by atomic mass is 32.1. The number of benzene rings is 4. The van der Waals surface area contributed by atoms with Crippen molar-refractivity contribution in [3.05, 3.63) is 90.5 Å². The van der Waals surface area contributed by atoms with Crippen molar-refractivity contribution in [2.45, 2.75) is 6.92 Å². The van der Waals surface area contributed by atoms with E-state index in [1.165, 1.54) is 53.2 Å². The number of nitrogens with zero attached hydrogens (tertiary/aromatic N) is 1. The predicted molar refractivity (Wildman–Crippen MR) is 118 cm³/mol. The van der Waals surface area contributed by atoms with Crippen LogP contribution in [-0.2, 0) is 0 Å². The zero-order valence-corrected chi connectivity index (χ0v) is 15.8. The number of rotatable bonds is 1. The van der Waals surface area contributed by atoms with Gasteiger partial charge in [-0.2, -0.15) is 0 Å². The lowest BCUT2D eigenvalue weighted by Crippen LogP contribution is -1.92. The Kier molecular flexibility index (Phi) is 3.03. The van der Waals surface area contributed by atoms with Gasteiger partial charge in [0.2, 0.25) is 0 Å². The normalized spacial score (nSPS) is 11.9. The third-order valence-corrected chi connectivity index (χ3v) is 6.65. The summed E-state index contributed by atoms with van der Waals surface area (Å²) >= 11 is 1.91. The van der Waals surface area contributed by atoms with Crippen LogP contribution in [-0.4, -0.2) is 4.57 Å². The molecule has 2 heteroatoms. The first-order chi connectivity index (χ1) is 13.3. The molecule has 0 saturated heterocycles. The maximum atomic E-state index is 2.39. The van der Waals surface area contributed by atoms with E-state index in [1.807, 2.05) is 11.3 Å². The summed E-state index contributed by atoms with van der Waals surface area (Å²) in [6, 6.07) is 30.8. The molecule has 0 atom stereocenters. The molecule has 0 radical (unpaired) electrons. The monoisotopic (exact) mass is 363 g/mol. The van der Waals surface area contributed by atoms with E-state index in [0.717, 1.165) is 0 Å².